The summed E-state index contributed by atoms with van der Waals surface area (Å²) in [5.41, 5.74) is 0. The minimum atomic E-state index is -1.04. The van der Waals surface area contributed by atoms with Gasteiger partial charge in [-0.15, -0.1) is 0 Å². The van der Waals surface area contributed by atoms with E-state index in [1.807, 2.05) is 0 Å². The molecule has 72 valence electrons. The molecular weight excluding hydrogens is 188 g/mol. The Bertz CT molecular complexity index is 304. The minimum absolute atomic E-state index is 0.472. The molecule has 0 heterocycles. The molecule has 0 spiro atoms. The van der Waals surface area contributed by atoms with Gasteiger partial charge in [0.1, 0.15) is 12.8 Å². The van der Waals surface area contributed by atoms with Crippen LogP contribution in [0.5, 0.6) is 0 Å². The summed E-state index contributed by atoms with van der Waals surface area (Å²) in [6, 6.07) is 2.01. The Labute approximate surface area is 79.3 Å². The van der Waals surface area contributed by atoms with Gasteiger partial charge in [0, 0.05) is 0 Å². The summed E-state index contributed by atoms with van der Waals surface area (Å²) in [5.74, 6) is -1.62. The van der Waals surface area contributed by atoms with Crippen molar-refractivity contribution >= 4 is 17.8 Å². The monoisotopic (exact) mass is 194 g/mol. The molecule has 0 aromatic heterocycles. The Hall–Kier alpha value is -2.41. The van der Waals surface area contributed by atoms with Crippen LogP contribution >= 0.6 is 0 Å². The molecule has 0 aromatic carbocycles. The summed E-state index contributed by atoms with van der Waals surface area (Å²) >= 11 is 0. The summed E-state index contributed by atoms with van der Waals surface area (Å²) in [6.45, 7) is 0. The van der Waals surface area contributed by atoms with Gasteiger partial charge in [-0.25, -0.2) is 4.79 Å². The van der Waals surface area contributed by atoms with E-state index in [1.54, 1.807) is 10.6 Å². The van der Waals surface area contributed by atoms with Gasteiger partial charge in [-0.3, -0.25) is 20.2 Å². The van der Waals surface area contributed by atoms with E-state index in [9.17, 15) is 14.4 Å². The van der Waals surface area contributed by atoms with Crippen LogP contribution in [0.15, 0.2) is 0 Å². The van der Waals surface area contributed by atoms with Crippen molar-refractivity contribution in [3.63, 3.8) is 0 Å². The predicted molar refractivity (Wildman–Crippen MR) is 42.1 cm³/mol. The molecule has 14 heavy (non-hydrogen) atoms. The fourth-order valence-electron chi connectivity index (χ4n) is 0.516. The lowest BCUT2D eigenvalue weighted by molar-refractivity contribution is -0.119. The van der Waals surface area contributed by atoms with Crippen LogP contribution in [0.25, 0.3) is 0 Å². The van der Waals surface area contributed by atoms with E-state index in [2.05, 4.69) is 0 Å². The molecule has 0 bridgehead atoms. The van der Waals surface area contributed by atoms with Crippen LogP contribution in [0, 0.1) is 22.7 Å². The first-order valence-corrected chi connectivity index (χ1v) is 3.47. The fourth-order valence-corrected chi connectivity index (χ4v) is 0.516. The van der Waals surface area contributed by atoms with E-state index in [1.165, 1.54) is 12.1 Å². The summed E-state index contributed by atoms with van der Waals surface area (Å²) in [5, 5.41) is 19.6. The second-order valence-electron chi connectivity index (χ2n) is 2.10. The van der Waals surface area contributed by atoms with Crippen LogP contribution in [0.4, 0.5) is 4.79 Å². The first-order chi connectivity index (χ1) is 6.60. The second-order valence-corrected chi connectivity index (χ2v) is 2.10. The van der Waals surface area contributed by atoms with Crippen LogP contribution in [0.2, 0.25) is 0 Å². The molecule has 0 saturated heterocycles. The van der Waals surface area contributed by atoms with E-state index >= 15 is 0 Å². The molecule has 0 fully saturated rings. The zero-order valence-corrected chi connectivity index (χ0v) is 7.03. The van der Waals surface area contributed by atoms with E-state index in [-0.39, 0.29) is 0 Å². The number of rotatable bonds is 2. The van der Waals surface area contributed by atoms with Crippen molar-refractivity contribution in [2.75, 3.05) is 0 Å². The third-order valence-corrected chi connectivity index (χ3v) is 0.985. The highest BCUT2D eigenvalue weighted by Gasteiger charge is 2.09. The molecule has 2 N–H and O–H groups in total. The van der Waals surface area contributed by atoms with E-state index in [0.717, 1.165) is 0 Å². The van der Waals surface area contributed by atoms with Gasteiger partial charge in [0.05, 0.1) is 12.1 Å². The van der Waals surface area contributed by atoms with Crippen molar-refractivity contribution in [3.8, 4) is 12.1 Å². The molecule has 0 radical (unpaired) electrons. The van der Waals surface area contributed by atoms with Crippen LogP contribution in [0.3, 0.4) is 0 Å². The molecule has 7 nitrogen and oxygen atoms in total. The molecule has 0 aliphatic heterocycles. The number of hydrogen-bond donors (Lipinski definition) is 2. The van der Waals surface area contributed by atoms with Gasteiger partial charge in [-0.2, -0.15) is 10.5 Å². The quantitative estimate of drug-likeness (QED) is 0.593. The van der Waals surface area contributed by atoms with E-state index < -0.39 is 30.7 Å². The minimum Gasteiger partial charge on any atom is -0.277 e. The average molecular weight is 194 g/mol. The van der Waals surface area contributed by atoms with Crippen LogP contribution in [-0.2, 0) is 9.59 Å². The van der Waals surface area contributed by atoms with Gasteiger partial charge in [0.2, 0.25) is 11.8 Å². The second kappa shape index (κ2) is 6.14. The van der Waals surface area contributed by atoms with Crippen molar-refractivity contribution in [1.29, 1.82) is 10.5 Å². The highest BCUT2D eigenvalue weighted by Crippen LogP contribution is 1.78. The molecule has 0 saturated carbocycles. The standard InChI is InChI=1S/C7H6N4O3/c8-3-1-5(12)10-7(14)11-6(13)2-4-9/h1-2H2,(H2,10,11,12,13,14). The number of nitrogens with zero attached hydrogens (tertiary/aromatic N) is 2. The number of nitrogens with one attached hydrogen (secondary N) is 2. The third kappa shape index (κ3) is 5.27. The van der Waals surface area contributed by atoms with Gasteiger partial charge in [0.25, 0.3) is 0 Å². The third-order valence-electron chi connectivity index (χ3n) is 0.985. The predicted octanol–water partition coefficient (Wildman–Crippen LogP) is -0.834. The highest BCUT2D eigenvalue weighted by atomic mass is 16.2. The zero-order valence-electron chi connectivity index (χ0n) is 7.03. The maximum Gasteiger partial charge on any atom is 0.328 e. The Morgan fingerprint density at radius 2 is 1.29 bits per heavy atom. The number of carbonyl (C=O) groups excluding carboxylic acids is 3. The Balaban J connectivity index is 3.89. The molecule has 0 aromatic rings. The number of urea groups is 1. The van der Waals surface area contributed by atoms with Crippen molar-refractivity contribution in [1.82, 2.24) is 10.6 Å². The zero-order chi connectivity index (χ0) is 11.0. The first kappa shape index (κ1) is 11.6. The maximum absolute atomic E-state index is 10.7. The smallest absolute Gasteiger partial charge is 0.277 e. The van der Waals surface area contributed by atoms with Crippen LogP contribution in [-0.4, -0.2) is 17.8 Å². The van der Waals surface area contributed by atoms with Gasteiger partial charge in [-0.05, 0) is 0 Å². The lowest BCUT2D eigenvalue weighted by Gasteiger charge is -2.00. The van der Waals surface area contributed by atoms with Crippen molar-refractivity contribution in [3.05, 3.63) is 0 Å². The molecule has 0 aliphatic rings. The van der Waals surface area contributed by atoms with Crippen molar-refractivity contribution < 1.29 is 14.4 Å². The number of amides is 4. The lowest BCUT2D eigenvalue weighted by Crippen LogP contribution is -2.42. The largest absolute Gasteiger partial charge is 0.328 e. The van der Waals surface area contributed by atoms with Gasteiger partial charge < -0.3 is 0 Å². The normalized spacial score (nSPS) is 7.86. The fraction of sp³-hybridized carbons (Fsp3) is 0.286. The lowest BCUT2D eigenvalue weighted by atomic mass is 10.4. The topological polar surface area (TPSA) is 123 Å². The van der Waals surface area contributed by atoms with Gasteiger partial charge >= 0.3 is 6.03 Å². The number of hydrogen-bond acceptors (Lipinski definition) is 5. The number of carbonyl (C=O) groups is 3. The van der Waals surface area contributed by atoms with E-state index in [4.69, 9.17) is 10.5 Å². The maximum atomic E-state index is 10.7. The van der Waals surface area contributed by atoms with Crippen molar-refractivity contribution in [2.24, 2.45) is 0 Å². The summed E-state index contributed by atoms with van der Waals surface area (Å²) in [4.78, 5) is 32.0. The van der Waals surface area contributed by atoms with Crippen molar-refractivity contribution in [2.45, 2.75) is 12.8 Å². The Morgan fingerprint density at radius 3 is 1.57 bits per heavy atom. The number of imide groups is 2. The summed E-state index contributed by atoms with van der Waals surface area (Å²) < 4.78 is 0. The number of nitriles is 2. The molecule has 0 atom stereocenters. The molecular formula is C7H6N4O3. The highest BCUT2D eigenvalue weighted by molar-refractivity contribution is 6.02. The molecule has 7 heteroatoms. The molecule has 0 rings (SSSR count). The van der Waals surface area contributed by atoms with Crippen LogP contribution in [0.1, 0.15) is 12.8 Å². The SMILES string of the molecule is N#CCC(=O)NC(=O)NC(=O)CC#N. The molecule has 0 unspecified atom stereocenters. The van der Waals surface area contributed by atoms with Gasteiger partial charge in [0.15, 0.2) is 0 Å². The molecule has 0 aliphatic carbocycles. The summed E-state index contributed by atoms with van der Waals surface area (Å²) in [6.07, 6.45) is -0.945. The Morgan fingerprint density at radius 1 is 0.929 bits per heavy atom. The Kier molecular flexibility index (Phi) is 5.09. The first-order valence-electron chi connectivity index (χ1n) is 3.47. The van der Waals surface area contributed by atoms with Crippen LogP contribution < -0.4 is 10.6 Å². The van der Waals surface area contributed by atoms with E-state index in [0.29, 0.717) is 0 Å². The average Bonchev–Trinajstić information content (AvgIpc) is 2.03. The summed E-state index contributed by atoms with van der Waals surface area (Å²) in [7, 11) is 0. The van der Waals surface area contributed by atoms with Gasteiger partial charge in [-0.1, -0.05) is 0 Å². The molecule has 4 amide bonds.